The van der Waals surface area contributed by atoms with Crippen LogP contribution in [0.4, 0.5) is 0 Å². The van der Waals surface area contributed by atoms with Gasteiger partial charge in [-0.1, -0.05) is 203 Å². The van der Waals surface area contributed by atoms with Gasteiger partial charge in [-0.05, 0) is 57.8 Å². The van der Waals surface area contributed by atoms with Crippen LogP contribution in [0.15, 0.2) is 60.8 Å². The van der Waals surface area contributed by atoms with E-state index in [-0.39, 0.29) is 18.9 Å². The topological polar surface area (TPSA) is 307 Å². The highest BCUT2D eigenvalue weighted by molar-refractivity contribution is 5.76. The highest BCUT2D eigenvalue weighted by atomic mass is 16.8. The second-order valence-electron chi connectivity index (χ2n) is 22.8. The number of hydrogen-bond donors (Lipinski definition) is 12. The van der Waals surface area contributed by atoms with Gasteiger partial charge in [-0.3, -0.25) is 4.79 Å². The Hall–Kier alpha value is -2.51. The van der Waals surface area contributed by atoms with Gasteiger partial charge >= 0.3 is 0 Å². The van der Waals surface area contributed by atoms with Crippen molar-refractivity contribution in [2.24, 2.45) is 0 Å². The minimum atomic E-state index is -1.98. The van der Waals surface area contributed by atoms with Crippen molar-refractivity contribution < 1.29 is 89.4 Å². The van der Waals surface area contributed by atoms with Crippen LogP contribution in [0.2, 0.25) is 0 Å². The summed E-state index contributed by atoms with van der Waals surface area (Å²) in [6.45, 7) is 1.58. The van der Waals surface area contributed by atoms with Crippen LogP contribution in [0.25, 0.3) is 0 Å². The molecule has 12 N–H and O–H groups in total. The molecule has 19 nitrogen and oxygen atoms in total. The summed E-state index contributed by atoms with van der Waals surface area (Å²) in [5, 5.41) is 120. The maximum absolute atomic E-state index is 13.3. The number of allylic oxidation sites excluding steroid dienone is 9. The Morgan fingerprint density at radius 2 is 0.831 bits per heavy atom. The van der Waals surface area contributed by atoms with E-state index >= 15 is 0 Å². The van der Waals surface area contributed by atoms with Gasteiger partial charge in [0.1, 0.15) is 73.2 Å². The largest absolute Gasteiger partial charge is 0.394 e. The Labute approximate surface area is 496 Å². The molecule has 3 fully saturated rings. The first-order valence-corrected chi connectivity index (χ1v) is 32.0. The van der Waals surface area contributed by atoms with Gasteiger partial charge in [-0.25, -0.2) is 0 Å². The number of ether oxygens (including phenoxy) is 6. The quantitative estimate of drug-likeness (QED) is 0.0220. The zero-order chi connectivity index (χ0) is 60.5. The third-order valence-corrected chi connectivity index (χ3v) is 15.8. The van der Waals surface area contributed by atoms with Crippen LogP contribution in [0.1, 0.15) is 206 Å². The summed E-state index contributed by atoms with van der Waals surface area (Å²) in [5.74, 6) is -0.317. The molecule has 3 rings (SSSR count). The van der Waals surface area contributed by atoms with Crippen molar-refractivity contribution in [2.45, 2.75) is 311 Å². The average Bonchev–Trinajstić information content (AvgIpc) is 3.15. The van der Waals surface area contributed by atoms with Crippen molar-refractivity contribution in [1.29, 1.82) is 0 Å². The SMILES string of the molecule is CC/C=C\C/C=C\C/C=C\C/C=C\CCCCC(=O)NC(COC1OC(CO)C(OC2OC(CO)C(OC3OC(CO)C(O)C(O)C3O)C(O)C2O)C(O)C1O)C(O)/C=C/CCCCCCCCCCCCCCCCCCCCCCC. The van der Waals surface area contributed by atoms with Crippen LogP contribution in [-0.4, -0.2) is 193 Å². The third kappa shape index (κ3) is 29.8. The predicted octanol–water partition coefficient (Wildman–Crippen LogP) is 6.82. The Balaban J connectivity index is 1.48. The van der Waals surface area contributed by atoms with Crippen LogP contribution < -0.4 is 5.32 Å². The number of rotatable bonds is 47. The second-order valence-corrected chi connectivity index (χ2v) is 22.8. The van der Waals surface area contributed by atoms with Crippen LogP contribution in [0, 0.1) is 0 Å². The molecule has 0 saturated carbocycles. The smallest absolute Gasteiger partial charge is 0.220 e. The lowest BCUT2D eigenvalue weighted by molar-refractivity contribution is -0.379. The Bertz CT molecular complexity index is 1750. The number of amides is 1. The number of unbranched alkanes of at least 4 members (excludes halogenated alkanes) is 23. The van der Waals surface area contributed by atoms with Gasteiger partial charge in [-0.15, -0.1) is 0 Å². The Kier molecular flexibility index (Phi) is 42.0. The minimum Gasteiger partial charge on any atom is -0.394 e. The Morgan fingerprint density at radius 3 is 1.30 bits per heavy atom. The van der Waals surface area contributed by atoms with Gasteiger partial charge in [-0.2, -0.15) is 0 Å². The van der Waals surface area contributed by atoms with Gasteiger partial charge in [0.25, 0.3) is 0 Å². The van der Waals surface area contributed by atoms with Gasteiger partial charge in [0.15, 0.2) is 18.9 Å². The maximum Gasteiger partial charge on any atom is 0.220 e. The summed E-state index contributed by atoms with van der Waals surface area (Å²) in [6, 6.07) is -0.997. The summed E-state index contributed by atoms with van der Waals surface area (Å²) >= 11 is 0. The highest BCUT2D eigenvalue weighted by Gasteiger charge is 2.53. The molecular weight excluding hydrogens is 1070 g/mol. The number of aliphatic hydroxyl groups is 11. The summed E-state index contributed by atoms with van der Waals surface area (Å²) in [7, 11) is 0. The molecule has 3 heterocycles. The van der Waals surface area contributed by atoms with Crippen LogP contribution in [0.3, 0.4) is 0 Å². The van der Waals surface area contributed by atoms with Gasteiger partial charge < -0.3 is 89.9 Å². The molecule has 482 valence electrons. The van der Waals surface area contributed by atoms with E-state index in [1.165, 1.54) is 116 Å². The maximum atomic E-state index is 13.3. The molecule has 0 radical (unpaired) electrons. The minimum absolute atomic E-state index is 0.189. The van der Waals surface area contributed by atoms with Gasteiger partial charge in [0.05, 0.1) is 38.6 Å². The van der Waals surface area contributed by atoms with E-state index in [1.807, 2.05) is 6.08 Å². The summed E-state index contributed by atoms with van der Waals surface area (Å²) in [4.78, 5) is 13.3. The molecule has 0 bridgehead atoms. The van der Waals surface area contributed by atoms with E-state index in [0.29, 0.717) is 6.42 Å². The van der Waals surface area contributed by atoms with E-state index in [2.05, 4.69) is 67.8 Å². The lowest BCUT2D eigenvalue weighted by Gasteiger charge is -2.48. The fourth-order valence-corrected chi connectivity index (χ4v) is 10.6. The normalized spacial score (nSPS) is 29.8. The van der Waals surface area contributed by atoms with Gasteiger partial charge in [0.2, 0.25) is 5.91 Å². The molecule has 3 saturated heterocycles. The molecule has 1 amide bonds. The number of carbonyl (C=O) groups excluding carboxylic acids is 1. The lowest BCUT2D eigenvalue weighted by Crippen LogP contribution is -2.66. The number of hydrogen-bond acceptors (Lipinski definition) is 18. The average molecular weight is 1180 g/mol. The summed E-state index contributed by atoms with van der Waals surface area (Å²) in [5.41, 5.74) is 0. The highest BCUT2D eigenvalue weighted by Crippen LogP contribution is 2.33. The number of carbonyl (C=O) groups is 1. The van der Waals surface area contributed by atoms with Crippen molar-refractivity contribution in [1.82, 2.24) is 5.32 Å². The van der Waals surface area contributed by atoms with E-state index < -0.39 is 124 Å². The van der Waals surface area contributed by atoms with E-state index in [9.17, 15) is 61.0 Å². The van der Waals surface area contributed by atoms with Crippen LogP contribution >= 0.6 is 0 Å². The molecule has 0 aromatic rings. The first-order chi connectivity index (χ1) is 40.3. The molecule has 3 aliphatic rings. The summed E-state index contributed by atoms with van der Waals surface area (Å²) < 4.78 is 34.2. The first kappa shape index (κ1) is 74.7. The van der Waals surface area contributed by atoms with Crippen molar-refractivity contribution in [2.75, 3.05) is 26.4 Å². The molecule has 3 aliphatic heterocycles. The molecule has 17 unspecified atom stereocenters. The van der Waals surface area contributed by atoms with Crippen molar-refractivity contribution in [3.8, 4) is 0 Å². The van der Waals surface area contributed by atoms with E-state index in [1.54, 1.807) is 6.08 Å². The van der Waals surface area contributed by atoms with Crippen molar-refractivity contribution in [3.05, 3.63) is 60.8 Å². The van der Waals surface area contributed by atoms with Crippen molar-refractivity contribution in [3.63, 3.8) is 0 Å². The molecule has 0 aliphatic carbocycles. The van der Waals surface area contributed by atoms with E-state index in [0.717, 1.165) is 64.2 Å². The molecule has 0 spiro atoms. The number of nitrogens with one attached hydrogen (secondary N) is 1. The predicted molar refractivity (Wildman–Crippen MR) is 318 cm³/mol. The fraction of sp³-hybridized carbons (Fsp3) is 0.828. The van der Waals surface area contributed by atoms with Crippen LogP contribution in [0.5, 0.6) is 0 Å². The summed E-state index contributed by atoms with van der Waals surface area (Å²) in [6.07, 6.45) is 27.8. The van der Waals surface area contributed by atoms with Crippen molar-refractivity contribution >= 4 is 5.91 Å². The Morgan fingerprint density at radius 1 is 0.446 bits per heavy atom. The van der Waals surface area contributed by atoms with Gasteiger partial charge in [0, 0.05) is 6.42 Å². The monoisotopic (exact) mass is 1180 g/mol. The molecule has 17 atom stereocenters. The third-order valence-electron chi connectivity index (χ3n) is 15.8. The zero-order valence-electron chi connectivity index (χ0n) is 50.4. The standard InChI is InChI=1S/C64H113NO18/c1-3-5-7-9-11-13-15-17-19-20-21-22-23-24-25-26-28-29-31-33-35-37-39-41-48(69)47(65-52(70)42-40-38-36-34-32-30-27-18-16-14-12-10-8-6-4-2)46-78-62-58(76)55(73)60(50(44-67)80-62)83-64-59(77)56(74)61(51(45-68)81-64)82-63-57(75)54(72)53(71)49(43-66)79-63/h6,8,12,14,18,27,32,34,39,41,47-51,53-64,66-69,71-77H,3-5,7,9-11,13,15-17,19-26,28-31,33,35-38,40,42-46H2,1-2H3,(H,65,70)/b8-6-,14-12-,27-18-,34-32-,41-39+. The fourth-order valence-electron chi connectivity index (χ4n) is 10.6. The molecule has 83 heavy (non-hydrogen) atoms. The molecule has 0 aromatic carbocycles. The molecule has 0 aromatic heterocycles. The molecule has 19 heteroatoms. The first-order valence-electron chi connectivity index (χ1n) is 32.0. The second kappa shape index (κ2) is 46.6. The lowest BCUT2D eigenvalue weighted by atomic mass is 9.96. The zero-order valence-corrected chi connectivity index (χ0v) is 50.4. The van der Waals surface area contributed by atoms with Crippen LogP contribution in [-0.2, 0) is 33.2 Å². The van der Waals surface area contributed by atoms with E-state index in [4.69, 9.17) is 28.4 Å². The number of aliphatic hydroxyl groups excluding tert-OH is 11. The molecular formula is C64H113NO18.